The van der Waals surface area contributed by atoms with E-state index in [1.165, 1.54) is 4.88 Å². The highest BCUT2D eigenvalue weighted by Gasteiger charge is 2.19. The maximum absolute atomic E-state index is 11.2. The topological polar surface area (TPSA) is 59.3 Å². The van der Waals surface area contributed by atoms with Gasteiger partial charge >= 0.3 is 0 Å². The van der Waals surface area contributed by atoms with Crippen LogP contribution in [0.4, 0.5) is 11.4 Å². The number of fused-ring (bicyclic) bond motifs is 1. The summed E-state index contributed by atoms with van der Waals surface area (Å²) >= 11 is 1.75. The third-order valence-electron chi connectivity index (χ3n) is 4.09. The molecule has 2 aromatic heterocycles. The third-order valence-corrected chi connectivity index (χ3v) is 4.99. The van der Waals surface area contributed by atoms with Crippen LogP contribution in [0.2, 0.25) is 0 Å². The van der Waals surface area contributed by atoms with Gasteiger partial charge in [0.25, 0.3) is 5.69 Å². The van der Waals surface area contributed by atoms with E-state index < -0.39 is 0 Å². The molecule has 118 valence electrons. The third kappa shape index (κ3) is 3.03. The van der Waals surface area contributed by atoms with Crippen LogP contribution in [0.15, 0.2) is 48.1 Å². The van der Waals surface area contributed by atoms with Crippen molar-refractivity contribution in [3.05, 3.63) is 63.1 Å². The van der Waals surface area contributed by atoms with Gasteiger partial charge < -0.3 is 4.90 Å². The number of non-ortho nitro benzene ring substituents is 1. The number of aromatic nitrogens is 1. The van der Waals surface area contributed by atoms with Gasteiger partial charge in [-0.2, -0.15) is 0 Å². The van der Waals surface area contributed by atoms with E-state index in [9.17, 15) is 10.1 Å². The molecule has 0 radical (unpaired) electrons. The fourth-order valence-electron chi connectivity index (χ4n) is 2.72. The first-order valence-corrected chi connectivity index (χ1v) is 8.22. The Bertz CT molecular complexity index is 833. The molecule has 1 unspecified atom stereocenters. The molecule has 1 atom stereocenters. The SMILES string of the molecule is CC(Cc1cccs1)N(C)c1ccc([N+](=O)[O-])c2cnccc12. The number of likely N-dealkylation sites (N-methyl/N-ethyl adjacent to an activating group) is 1. The maximum Gasteiger partial charge on any atom is 0.278 e. The van der Waals surface area contributed by atoms with E-state index in [0.717, 1.165) is 17.5 Å². The molecule has 0 spiro atoms. The van der Waals surface area contributed by atoms with E-state index in [4.69, 9.17) is 0 Å². The van der Waals surface area contributed by atoms with E-state index in [2.05, 4.69) is 34.3 Å². The van der Waals surface area contributed by atoms with Gasteiger partial charge in [0.1, 0.15) is 0 Å². The van der Waals surface area contributed by atoms with Crippen LogP contribution in [-0.2, 0) is 6.42 Å². The maximum atomic E-state index is 11.2. The van der Waals surface area contributed by atoms with Crippen molar-refractivity contribution in [3.63, 3.8) is 0 Å². The van der Waals surface area contributed by atoms with Crippen molar-refractivity contribution in [3.8, 4) is 0 Å². The average molecular weight is 327 g/mol. The second-order valence-corrected chi connectivity index (χ2v) is 6.56. The lowest BCUT2D eigenvalue weighted by atomic mass is 10.1. The minimum atomic E-state index is -0.358. The Labute approximate surface area is 138 Å². The zero-order valence-electron chi connectivity index (χ0n) is 13.0. The number of rotatable bonds is 5. The van der Waals surface area contributed by atoms with Gasteiger partial charge in [0.2, 0.25) is 0 Å². The van der Waals surface area contributed by atoms with Gasteiger partial charge in [-0.25, -0.2) is 0 Å². The van der Waals surface area contributed by atoms with Crippen molar-refractivity contribution in [2.24, 2.45) is 0 Å². The van der Waals surface area contributed by atoms with Crippen LogP contribution in [0, 0.1) is 10.1 Å². The first-order valence-electron chi connectivity index (χ1n) is 7.34. The summed E-state index contributed by atoms with van der Waals surface area (Å²) in [4.78, 5) is 18.4. The summed E-state index contributed by atoms with van der Waals surface area (Å²) in [5.41, 5.74) is 1.08. The second kappa shape index (κ2) is 6.34. The van der Waals surface area contributed by atoms with Crippen molar-refractivity contribution in [1.29, 1.82) is 0 Å². The molecular weight excluding hydrogens is 310 g/mol. The van der Waals surface area contributed by atoms with Gasteiger partial charge in [0, 0.05) is 53.9 Å². The zero-order valence-corrected chi connectivity index (χ0v) is 13.8. The van der Waals surface area contributed by atoms with Gasteiger partial charge in [-0.3, -0.25) is 15.1 Å². The number of nitrogens with zero attached hydrogens (tertiary/aromatic N) is 3. The smallest absolute Gasteiger partial charge is 0.278 e. The summed E-state index contributed by atoms with van der Waals surface area (Å²) in [6, 6.07) is 9.70. The van der Waals surface area contributed by atoms with E-state index in [0.29, 0.717) is 5.39 Å². The lowest BCUT2D eigenvalue weighted by Crippen LogP contribution is -2.30. The Morgan fingerprint density at radius 1 is 1.30 bits per heavy atom. The lowest BCUT2D eigenvalue weighted by Gasteiger charge is -2.28. The van der Waals surface area contributed by atoms with Crippen LogP contribution in [0.3, 0.4) is 0 Å². The molecule has 5 nitrogen and oxygen atoms in total. The van der Waals surface area contributed by atoms with Crippen LogP contribution in [0.5, 0.6) is 0 Å². The molecule has 3 aromatic rings. The van der Waals surface area contributed by atoms with Crippen molar-refractivity contribution in [2.45, 2.75) is 19.4 Å². The largest absolute Gasteiger partial charge is 0.371 e. The summed E-state index contributed by atoms with van der Waals surface area (Å²) in [6.07, 6.45) is 4.18. The first-order chi connectivity index (χ1) is 11.1. The van der Waals surface area contributed by atoms with E-state index in [1.807, 2.05) is 19.2 Å². The molecule has 0 saturated heterocycles. The average Bonchev–Trinajstić information content (AvgIpc) is 3.05. The van der Waals surface area contributed by atoms with Gasteiger partial charge in [0.05, 0.1) is 10.3 Å². The number of nitro groups is 1. The quantitative estimate of drug-likeness (QED) is 0.518. The number of hydrogen-bond donors (Lipinski definition) is 0. The Morgan fingerprint density at radius 3 is 2.83 bits per heavy atom. The van der Waals surface area contributed by atoms with Crippen molar-refractivity contribution >= 4 is 33.5 Å². The summed E-state index contributed by atoms with van der Waals surface area (Å²) in [5.74, 6) is 0. The van der Waals surface area contributed by atoms with Crippen LogP contribution in [0.1, 0.15) is 11.8 Å². The molecule has 0 bridgehead atoms. The van der Waals surface area contributed by atoms with Crippen LogP contribution in [0.25, 0.3) is 10.8 Å². The Morgan fingerprint density at radius 2 is 2.13 bits per heavy atom. The predicted molar refractivity (Wildman–Crippen MR) is 94.3 cm³/mol. The van der Waals surface area contributed by atoms with Crippen molar-refractivity contribution in [1.82, 2.24) is 4.98 Å². The number of nitro benzene ring substituents is 1. The molecule has 0 saturated carbocycles. The summed E-state index contributed by atoms with van der Waals surface area (Å²) < 4.78 is 0. The number of hydrogen-bond acceptors (Lipinski definition) is 5. The molecular formula is C17H17N3O2S. The number of benzene rings is 1. The Hall–Kier alpha value is -2.47. The molecule has 3 rings (SSSR count). The fraction of sp³-hybridized carbons (Fsp3) is 0.235. The van der Waals surface area contributed by atoms with Gasteiger partial charge in [-0.15, -0.1) is 11.3 Å². The fourth-order valence-corrected chi connectivity index (χ4v) is 3.55. The van der Waals surface area contributed by atoms with Crippen LogP contribution < -0.4 is 4.90 Å². The number of thiophene rings is 1. The molecule has 0 aliphatic carbocycles. The zero-order chi connectivity index (χ0) is 16.4. The second-order valence-electron chi connectivity index (χ2n) is 5.53. The van der Waals surface area contributed by atoms with E-state index >= 15 is 0 Å². The summed E-state index contributed by atoms with van der Waals surface area (Å²) in [5, 5.41) is 14.7. The molecule has 2 heterocycles. The number of pyridine rings is 1. The van der Waals surface area contributed by atoms with E-state index in [1.54, 1.807) is 29.8 Å². The van der Waals surface area contributed by atoms with Gasteiger partial charge in [-0.1, -0.05) is 6.07 Å². The van der Waals surface area contributed by atoms with Crippen molar-refractivity contribution < 1.29 is 4.92 Å². The predicted octanol–water partition coefficient (Wildman–Crippen LogP) is 4.27. The Balaban J connectivity index is 1.99. The highest BCUT2D eigenvalue weighted by Crippen LogP contribution is 2.33. The van der Waals surface area contributed by atoms with Crippen molar-refractivity contribution in [2.75, 3.05) is 11.9 Å². The highest BCUT2D eigenvalue weighted by atomic mass is 32.1. The molecule has 0 N–H and O–H groups in total. The summed E-state index contributed by atoms with van der Waals surface area (Å²) in [7, 11) is 2.03. The monoisotopic (exact) mass is 327 g/mol. The minimum absolute atomic E-state index is 0.0937. The molecule has 0 amide bonds. The van der Waals surface area contributed by atoms with Gasteiger partial charge in [0.15, 0.2) is 0 Å². The lowest BCUT2D eigenvalue weighted by molar-refractivity contribution is -0.383. The summed E-state index contributed by atoms with van der Waals surface area (Å²) in [6.45, 7) is 2.16. The normalized spacial score (nSPS) is 12.3. The molecule has 0 aliphatic heterocycles. The molecule has 0 aliphatic rings. The number of anilines is 1. The highest BCUT2D eigenvalue weighted by molar-refractivity contribution is 7.09. The van der Waals surface area contributed by atoms with Gasteiger partial charge in [-0.05, 0) is 30.5 Å². The minimum Gasteiger partial charge on any atom is -0.371 e. The van der Waals surface area contributed by atoms with Crippen LogP contribution in [-0.4, -0.2) is 23.0 Å². The molecule has 0 fully saturated rings. The molecule has 6 heteroatoms. The standard InChI is InChI=1S/C17H17N3O2S/c1-12(10-13-4-3-9-23-13)19(2)16-5-6-17(20(21)22)15-11-18-8-7-14(15)16/h3-9,11-12H,10H2,1-2H3. The molecule has 1 aromatic carbocycles. The molecule has 23 heavy (non-hydrogen) atoms. The Kier molecular flexibility index (Phi) is 4.25. The van der Waals surface area contributed by atoms with E-state index in [-0.39, 0.29) is 16.7 Å². The first kappa shape index (κ1) is 15.4. The van der Waals surface area contributed by atoms with Crippen LogP contribution >= 0.6 is 11.3 Å².